The predicted molar refractivity (Wildman–Crippen MR) is 87.8 cm³/mol. The van der Waals surface area contributed by atoms with Crippen molar-refractivity contribution < 1.29 is 9.53 Å². The van der Waals surface area contributed by atoms with Crippen LogP contribution in [-0.2, 0) is 6.42 Å². The maximum absolute atomic E-state index is 12.5. The van der Waals surface area contributed by atoms with Crippen LogP contribution < -0.4 is 4.74 Å². The number of nitrogens with zero attached hydrogens (tertiary/aromatic N) is 1. The van der Waals surface area contributed by atoms with Gasteiger partial charge in [0.15, 0.2) is 0 Å². The smallest absolute Gasteiger partial charge is 0.254 e. The minimum absolute atomic E-state index is 0.0169. The Balaban J connectivity index is 2.06. The van der Waals surface area contributed by atoms with E-state index in [-0.39, 0.29) is 5.91 Å². The van der Waals surface area contributed by atoms with Gasteiger partial charge in [-0.25, -0.2) is 0 Å². The quantitative estimate of drug-likeness (QED) is 0.823. The molecule has 0 unspecified atom stereocenters. The summed E-state index contributed by atoms with van der Waals surface area (Å²) < 4.78 is 5.93. The lowest BCUT2D eigenvalue weighted by Crippen LogP contribution is -2.29. The number of hydrogen-bond acceptors (Lipinski definition) is 2. The number of carbonyl (C=O) groups excluding carboxylic acids is 1. The van der Waals surface area contributed by atoms with Crippen molar-refractivity contribution in [3.63, 3.8) is 0 Å². The van der Waals surface area contributed by atoms with Crippen molar-refractivity contribution in [2.24, 2.45) is 0 Å². The molecule has 0 aliphatic heterocycles. The molecule has 0 saturated carbocycles. The summed E-state index contributed by atoms with van der Waals surface area (Å²) in [6, 6.07) is 15.6. The van der Waals surface area contributed by atoms with Gasteiger partial charge in [-0.2, -0.15) is 0 Å². The van der Waals surface area contributed by atoms with Crippen molar-refractivity contribution in [3.05, 3.63) is 64.1 Å². The fourth-order valence-corrected chi connectivity index (χ4v) is 2.68. The Labute approximate surface area is 133 Å². The van der Waals surface area contributed by atoms with E-state index in [2.05, 4.69) is 28.1 Å². The normalized spacial score (nSPS) is 10.2. The fraction of sp³-hybridized carbons (Fsp3) is 0.235. The minimum Gasteiger partial charge on any atom is -0.496 e. The Morgan fingerprint density at radius 3 is 2.52 bits per heavy atom. The van der Waals surface area contributed by atoms with Gasteiger partial charge in [0.05, 0.1) is 17.1 Å². The van der Waals surface area contributed by atoms with E-state index in [9.17, 15) is 4.79 Å². The molecule has 0 aliphatic carbocycles. The highest BCUT2D eigenvalue weighted by Crippen LogP contribution is 2.29. The number of ether oxygens (including phenoxy) is 1. The van der Waals surface area contributed by atoms with Gasteiger partial charge in [0.2, 0.25) is 0 Å². The number of halogens is 1. The second-order valence-electron chi connectivity index (χ2n) is 4.78. The largest absolute Gasteiger partial charge is 0.496 e. The molecule has 2 aromatic carbocycles. The average molecular weight is 348 g/mol. The number of likely N-dealkylation sites (N-methyl/N-ethyl adjacent to an activating group) is 1. The van der Waals surface area contributed by atoms with Crippen LogP contribution in [0, 0.1) is 0 Å². The molecule has 0 radical (unpaired) electrons. The number of benzene rings is 2. The lowest BCUT2D eigenvalue weighted by molar-refractivity contribution is 0.0795. The van der Waals surface area contributed by atoms with Gasteiger partial charge in [0.25, 0.3) is 5.91 Å². The number of rotatable bonds is 5. The van der Waals surface area contributed by atoms with Crippen molar-refractivity contribution in [2.75, 3.05) is 20.7 Å². The van der Waals surface area contributed by atoms with Gasteiger partial charge in [0.1, 0.15) is 5.75 Å². The first kappa shape index (κ1) is 15.6. The molecule has 0 N–H and O–H groups in total. The molecule has 0 saturated heterocycles. The third kappa shape index (κ3) is 3.85. The summed E-state index contributed by atoms with van der Waals surface area (Å²) in [6.07, 6.45) is 0.838. The molecule has 1 amide bonds. The molecule has 2 aromatic rings. The van der Waals surface area contributed by atoms with Crippen LogP contribution in [0.15, 0.2) is 53.0 Å². The predicted octanol–water partition coefficient (Wildman–Crippen LogP) is 3.77. The number of amides is 1. The molecule has 0 aliphatic rings. The summed E-state index contributed by atoms with van der Waals surface area (Å²) in [4.78, 5) is 14.2. The van der Waals surface area contributed by atoms with Crippen LogP contribution in [0.5, 0.6) is 5.75 Å². The lowest BCUT2D eigenvalue weighted by atomic mass is 10.1. The number of hydrogen-bond donors (Lipinski definition) is 0. The van der Waals surface area contributed by atoms with Crippen LogP contribution in [0.2, 0.25) is 0 Å². The van der Waals surface area contributed by atoms with Crippen LogP contribution in [-0.4, -0.2) is 31.5 Å². The van der Waals surface area contributed by atoms with Gasteiger partial charge >= 0.3 is 0 Å². The standard InChI is InChI=1S/C17H18BrNO2/c1-19(12-11-13-7-4-3-5-8-13)17(20)14-9-6-10-15(21-2)16(14)18/h3-10H,11-12H2,1-2H3. The third-order valence-electron chi connectivity index (χ3n) is 3.34. The molecule has 0 fully saturated rings. The maximum atomic E-state index is 12.5. The van der Waals surface area contributed by atoms with E-state index in [0.29, 0.717) is 22.3 Å². The number of carbonyl (C=O) groups is 1. The van der Waals surface area contributed by atoms with Crippen LogP contribution in [0.3, 0.4) is 0 Å². The molecule has 110 valence electrons. The van der Waals surface area contributed by atoms with Gasteiger partial charge in [-0.1, -0.05) is 36.4 Å². The van der Waals surface area contributed by atoms with E-state index in [1.807, 2.05) is 37.4 Å². The zero-order valence-corrected chi connectivity index (χ0v) is 13.8. The Morgan fingerprint density at radius 1 is 1.14 bits per heavy atom. The summed E-state index contributed by atoms with van der Waals surface area (Å²) in [5.41, 5.74) is 1.84. The molecule has 21 heavy (non-hydrogen) atoms. The van der Waals surface area contributed by atoms with Gasteiger partial charge in [-0.05, 0) is 40.0 Å². The van der Waals surface area contributed by atoms with E-state index in [4.69, 9.17) is 4.74 Å². The molecule has 0 atom stereocenters. The van der Waals surface area contributed by atoms with Crippen molar-refractivity contribution in [1.29, 1.82) is 0 Å². The topological polar surface area (TPSA) is 29.5 Å². The van der Waals surface area contributed by atoms with Gasteiger partial charge in [0, 0.05) is 13.6 Å². The number of methoxy groups -OCH3 is 1. The SMILES string of the molecule is COc1cccc(C(=O)N(C)CCc2ccccc2)c1Br. The highest BCUT2D eigenvalue weighted by Gasteiger charge is 2.17. The van der Waals surface area contributed by atoms with Gasteiger partial charge < -0.3 is 9.64 Å². The monoisotopic (exact) mass is 347 g/mol. The molecule has 0 spiro atoms. The van der Waals surface area contributed by atoms with Crippen molar-refractivity contribution in [2.45, 2.75) is 6.42 Å². The summed E-state index contributed by atoms with van der Waals surface area (Å²) in [5, 5.41) is 0. The van der Waals surface area contributed by atoms with Gasteiger partial charge in [-0.15, -0.1) is 0 Å². The van der Waals surface area contributed by atoms with Crippen LogP contribution in [0.25, 0.3) is 0 Å². The van der Waals surface area contributed by atoms with E-state index < -0.39 is 0 Å². The van der Waals surface area contributed by atoms with Crippen LogP contribution >= 0.6 is 15.9 Å². The minimum atomic E-state index is -0.0169. The van der Waals surface area contributed by atoms with E-state index in [1.54, 1.807) is 18.1 Å². The Morgan fingerprint density at radius 2 is 1.86 bits per heavy atom. The van der Waals surface area contributed by atoms with Crippen LogP contribution in [0.4, 0.5) is 0 Å². The lowest BCUT2D eigenvalue weighted by Gasteiger charge is -2.18. The van der Waals surface area contributed by atoms with E-state index in [1.165, 1.54) is 5.56 Å². The van der Waals surface area contributed by atoms with Crippen molar-refractivity contribution in [1.82, 2.24) is 4.90 Å². The Hall–Kier alpha value is -1.81. The van der Waals surface area contributed by atoms with Crippen LogP contribution in [0.1, 0.15) is 15.9 Å². The molecular formula is C17H18BrNO2. The Bertz CT molecular complexity index is 613. The third-order valence-corrected chi connectivity index (χ3v) is 4.16. The first-order chi connectivity index (χ1) is 10.1. The highest BCUT2D eigenvalue weighted by molar-refractivity contribution is 9.10. The van der Waals surface area contributed by atoms with Crippen molar-refractivity contribution >= 4 is 21.8 Å². The highest BCUT2D eigenvalue weighted by atomic mass is 79.9. The first-order valence-electron chi connectivity index (χ1n) is 6.75. The zero-order chi connectivity index (χ0) is 15.2. The summed E-state index contributed by atoms with van der Waals surface area (Å²) >= 11 is 3.43. The molecule has 2 rings (SSSR count). The van der Waals surface area contributed by atoms with Crippen molar-refractivity contribution in [3.8, 4) is 5.75 Å². The molecular weight excluding hydrogens is 330 g/mol. The van der Waals surface area contributed by atoms with E-state index in [0.717, 1.165) is 6.42 Å². The summed E-state index contributed by atoms with van der Waals surface area (Å²) in [7, 11) is 3.41. The maximum Gasteiger partial charge on any atom is 0.254 e. The Kier molecular flexibility index (Phi) is 5.39. The summed E-state index contributed by atoms with van der Waals surface area (Å²) in [6.45, 7) is 0.673. The summed E-state index contributed by atoms with van der Waals surface area (Å²) in [5.74, 6) is 0.647. The zero-order valence-electron chi connectivity index (χ0n) is 12.2. The first-order valence-corrected chi connectivity index (χ1v) is 7.54. The molecule has 4 heteroatoms. The molecule has 0 aromatic heterocycles. The fourth-order valence-electron chi connectivity index (χ4n) is 2.08. The van der Waals surface area contributed by atoms with E-state index >= 15 is 0 Å². The second-order valence-corrected chi connectivity index (χ2v) is 5.58. The molecule has 0 bridgehead atoms. The average Bonchev–Trinajstić information content (AvgIpc) is 2.53. The molecule has 0 heterocycles. The second kappa shape index (κ2) is 7.27. The van der Waals surface area contributed by atoms with Gasteiger partial charge in [-0.3, -0.25) is 4.79 Å². The molecule has 3 nitrogen and oxygen atoms in total.